The standard InChI is InChI=1S/C39H58F3N9O2/c1-25(2)48(3)30-5-7-35(51-21-14-33(38(51)53)46-36-31-22-27(39(40,41)42)4-6-32(31)44-24-45-36)34(23-30)47-37(52)26-10-17-49(18-11-26)29-12-19-50(20-13-29)28-8-15-43-16-9-28/h4,6,22,24-26,28-30,33-35,43H,5,7-21,23H2,1-3H3,(H,47,52)(H,44,45,46)/t30-,33+,34-,35+/m1/s1. The van der Waals surface area contributed by atoms with Crippen LogP contribution in [-0.2, 0) is 15.8 Å². The third-order valence-electron chi connectivity index (χ3n) is 13.2. The van der Waals surface area contributed by atoms with Gasteiger partial charge >= 0.3 is 6.18 Å². The van der Waals surface area contributed by atoms with Crippen molar-refractivity contribution in [3.05, 3.63) is 30.1 Å². The Morgan fingerprint density at radius 1 is 0.906 bits per heavy atom. The topological polar surface area (TPSA) is 109 Å². The van der Waals surface area contributed by atoms with Gasteiger partial charge in [0.1, 0.15) is 18.2 Å². The lowest BCUT2D eigenvalue weighted by atomic mass is 9.83. The highest BCUT2D eigenvalue weighted by molar-refractivity contribution is 5.93. The van der Waals surface area contributed by atoms with Crippen LogP contribution in [0.2, 0.25) is 0 Å². The van der Waals surface area contributed by atoms with Gasteiger partial charge in [-0.1, -0.05) is 0 Å². The second-order valence-electron chi connectivity index (χ2n) is 16.4. The average molecular weight is 742 g/mol. The third-order valence-corrected chi connectivity index (χ3v) is 13.2. The van der Waals surface area contributed by atoms with Crippen molar-refractivity contribution in [3.8, 4) is 0 Å². The molecule has 11 nitrogen and oxygen atoms in total. The molecule has 5 fully saturated rings. The predicted molar refractivity (Wildman–Crippen MR) is 199 cm³/mol. The molecular formula is C39H58F3N9O2. The number of halogens is 3. The van der Waals surface area contributed by atoms with Crippen LogP contribution in [0.1, 0.15) is 83.6 Å². The molecule has 292 valence electrons. The molecule has 5 heterocycles. The lowest BCUT2D eigenvalue weighted by Gasteiger charge is -2.46. The second-order valence-corrected chi connectivity index (χ2v) is 16.4. The molecule has 53 heavy (non-hydrogen) atoms. The van der Waals surface area contributed by atoms with Gasteiger partial charge in [-0.05, 0) is 143 Å². The maximum atomic E-state index is 14.0. The van der Waals surface area contributed by atoms with Gasteiger partial charge in [-0.15, -0.1) is 0 Å². The Bertz CT molecular complexity index is 1570. The fourth-order valence-electron chi connectivity index (χ4n) is 9.75. The first kappa shape index (κ1) is 38.2. The van der Waals surface area contributed by atoms with E-state index < -0.39 is 17.8 Å². The number of piperidine rings is 3. The molecule has 5 aliphatic rings. The molecule has 1 saturated carbocycles. The summed E-state index contributed by atoms with van der Waals surface area (Å²) in [5, 5.41) is 10.3. The number of rotatable bonds is 9. The summed E-state index contributed by atoms with van der Waals surface area (Å²) in [6.07, 6.45) is 6.35. The van der Waals surface area contributed by atoms with E-state index in [1.165, 1.54) is 51.2 Å². The Balaban J connectivity index is 0.978. The van der Waals surface area contributed by atoms with Crippen molar-refractivity contribution in [2.24, 2.45) is 5.92 Å². The van der Waals surface area contributed by atoms with Gasteiger partial charge in [0.2, 0.25) is 11.8 Å². The van der Waals surface area contributed by atoms with Crippen molar-refractivity contribution in [1.29, 1.82) is 0 Å². The molecule has 7 rings (SSSR count). The zero-order valence-electron chi connectivity index (χ0n) is 31.6. The SMILES string of the molecule is CC(C)N(C)[C@@H]1CC[C@H](N2CC[C@H](Nc3ncnc4ccc(C(F)(F)F)cc34)C2=O)[C@H](NC(=O)C2CCN(C3CCN(C4CCNCC4)CC3)CC2)C1. The summed E-state index contributed by atoms with van der Waals surface area (Å²) in [5.74, 6) is 0.166. The van der Waals surface area contributed by atoms with Crippen LogP contribution in [0.3, 0.4) is 0 Å². The van der Waals surface area contributed by atoms with Gasteiger partial charge < -0.3 is 35.6 Å². The smallest absolute Gasteiger partial charge is 0.358 e. The number of hydrogen-bond donors (Lipinski definition) is 3. The second kappa shape index (κ2) is 16.3. The summed E-state index contributed by atoms with van der Waals surface area (Å²) in [6.45, 7) is 11.4. The molecule has 1 aromatic carbocycles. The molecule has 4 atom stereocenters. The Morgan fingerprint density at radius 3 is 2.26 bits per heavy atom. The molecule has 4 saturated heterocycles. The van der Waals surface area contributed by atoms with Gasteiger partial charge in [0.15, 0.2) is 0 Å². The summed E-state index contributed by atoms with van der Waals surface area (Å²) < 4.78 is 40.6. The van der Waals surface area contributed by atoms with Crippen molar-refractivity contribution >= 4 is 28.5 Å². The first-order valence-corrected chi connectivity index (χ1v) is 20.1. The van der Waals surface area contributed by atoms with Crippen molar-refractivity contribution < 1.29 is 22.8 Å². The summed E-state index contributed by atoms with van der Waals surface area (Å²) >= 11 is 0. The Hall–Kier alpha value is -3.07. The van der Waals surface area contributed by atoms with Crippen molar-refractivity contribution in [2.45, 2.75) is 127 Å². The Labute approximate surface area is 311 Å². The molecule has 0 unspecified atom stereocenters. The number of aromatic nitrogens is 2. The van der Waals surface area contributed by atoms with E-state index in [9.17, 15) is 22.8 Å². The summed E-state index contributed by atoms with van der Waals surface area (Å²) in [6, 6.07) is 4.37. The molecule has 1 aliphatic carbocycles. The van der Waals surface area contributed by atoms with Crippen LogP contribution in [-0.4, -0.2) is 137 Å². The largest absolute Gasteiger partial charge is 0.416 e. The minimum atomic E-state index is -4.51. The van der Waals surface area contributed by atoms with Crippen LogP contribution in [0.5, 0.6) is 0 Å². The molecule has 2 aromatic rings. The molecule has 0 spiro atoms. The van der Waals surface area contributed by atoms with E-state index in [-0.39, 0.29) is 47.1 Å². The molecule has 3 N–H and O–H groups in total. The number of alkyl halides is 3. The maximum Gasteiger partial charge on any atom is 0.416 e. The summed E-state index contributed by atoms with van der Waals surface area (Å²) in [7, 11) is 2.14. The number of amides is 2. The highest BCUT2D eigenvalue weighted by Crippen LogP contribution is 2.35. The number of nitrogens with one attached hydrogen (secondary N) is 3. The molecule has 0 bridgehead atoms. The minimum absolute atomic E-state index is 0.0405. The van der Waals surface area contributed by atoms with Crippen molar-refractivity contribution in [1.82, 2.24) is 40.2 Å². The normalized spacial score (nSPS) is 28.0. The van der Waals surface area contributed by atoms with E-state index in [1.807, 2.05) is 4.90 Å². The zero-order chi connectivity index (χ0) is 37.3. The number of carbonyl (C=O) groups is 2. The lowest BCUT2D eigenvalue weighted by Crippen LogP contribution is -2.59. The monoisotopic (exact) mass is 741 g/mol. The highest BCUT2D eigenvalue weighted by Gasteiger charge is 2.44. The minimum Gasteiger partial charge on any atom is -0.358 e. The molecule has 4 aliphatic heterocycles. The summed E-state index contributed by atoms with van der Waals surface area (Å²) in [4.78, 5) is 46.0. The van der Waals surface area contributed by atoms with Crippen LogP contribution in [0.25, 0.3) is 10.9 Å². The van der Waals surface area contributed by atoms with Crippen LogP contribution >= 0.6 is 0 Å². The first-order chi connectivity index (χ1) is 25.5. The van der Waals surface area contributed by atoms with Gasteiger partial charge in [0.25, 0.3) is 0 Å². The number of anilines is 1. The van der Waals surface area contributed by atoms with Gasteiger partial charge in [0.05, 0.1) is 23.2 Å². The lowest BCUT2D eigenvalue weighted by molar-refractivity contribution is -0.137. The Kier molecular flexibility index (Phi) is 11.8. The van der Waals surface area contributed by atoms with Gasteiger partial charge in [-0.25, -0.2) is 9.97 Å². The molecule has 0 radical (unpaired) electrons. The van der Waals surface area contributed by atoms with Gasteiger partial charge in [0, 0.05) is 42.0 Å². The van der Waals surface area contributed by atoms with Gasteiger partial charge in [-0.3, -0.25) is 9.59 Å². The quantitative estimate of drug-likeness (QED) is 0.346. The van der Waals surface area contributed by atoms with Crippen LogP contribution < -0.4 is 16.0 Å². The number of fused-ring (bicyclic) bond motifs is 1. The number of likely N-dealkylation sites (tertiary alicyclic amines) is 3. The van der Waals surface area contributed by atoms with Crippen LogP contribution in [0.4, 0.5) is 19.0 Å². The van der Waals surface area contributed by atoms with E-state index in [2.05, 4.69) is 61.5 Å². The fraction of sp³-hybridized carbons (Fsp3) is 0.744. The molecule has 2 amide bonds. The number of carbonyl (C=O) groups excluding carboxylic acids is 2. The van der Waals surface area contributed by atoms with E-state index in [0.717, 1.165) is 76.5 Å². The van der Waals surface area contributed by atoms with Crippen LogP contribution in [0, 0.1) is 5.92 Å². The fourth-order valence-corrected chi connectivity index (χ4v) is 9.75. The maximum absolute atomic E-state index is 14.0. The number of hydrogen-bond acceptors (Lipinski definition) is 9. The zero-order valence-corrected chi connectivity index (χ0v) is 31.6. The van der Waals surface area contributed by atoms with Crippen molar-refractivity contribution in [3.63, 3.8) is 0 Å². The number of benzene rings is 1. The Morgan fingerprint density at radius 2 is 1.58 bits per heavy atom. The average Bonchev–Trinajstić information content (AvgIpc) is 3.53. The third kappa shape index (κ3) is 8.60. The van der Waals surface area contributed by atoms with E-state index >= 15 is 0 Å². The number of nitrogens with zero attached hydrogens (tertiary/aromatic N) is 6. The molecule has 1 aromatic heterocycles. The summed E-state index contributed by atoms with van der Waals surface area (Å²) in [5.41, 5.74) is -0.417. The predicted octanol–water partition coefficient (Wildman–Crippen LogP) is 4.34. The van der Waals surface area contributed by atoms with Gasteiger partial charge in [-0.2, -0.15) is 13.2 Å². The first-order valence-electron chi connectivity index (χ1n) is 20.1. The highest BCUT2D eigenvalue weighted by atomic mass is 19.4. The molecular weight excluding hydrogens is 683 g/mol. The van der Waals surface area contributed by atoms with Crippen molar-refractivity contribution in [2.75, 3.05) is 58.2 Å². The van der Waals surface area contributed by atoms with E-state index in [0.29, 0.717) is 30.6 Å². The van der Waals surface area contributed by atoms with E-state index in [4.69, 9.17) is 0 Å². The van der Waals surface area contributed by atoms with E-state index in [1.54, 1.807) is 0 Å². The molecule has 14 heteroatoms. The van der Waals surface area contributed by atoms with Crippen LogP contribution in [0.15, 0.2) is 24.5 Å².